The lowest BCUT2D eigenvalue weighted by molar-refractivity contribution is -0.117. The maximum atomic E-state index is 12.6. The summed E-state index contributed by atoms with van der Waals surface area (Å²) in [5, 5.41) is 24.3. The van der Waals surface area contributed by atoms with Gasteiger partial charge in [-0.1, -0.05) is 57.4 Å². The van der Waals surface area contributed by atoms with E-state index in [0.717, 1.165) is 37.7 Å². The fraction of sp³-hybridized carbons (Fsp3) is 0.458. The van der Waals surface area contributed by atoms with E-state index >= 15 is 0 Å². The summed E-state index contributed by atoms with van der Waals surface area (Å²) in [5.41, 5.74) is 14.8. The monoisotopic (exact) mass is 413 g/mol. The Morgan fingerprint density at radius 3 is 2.47 bits per heavy atom. The van der Waals surface area contributed by atoms with E-state index in [0.29, 0.717) is 30.5 Å². The number of anilines is 1. The molecule has 2 aromatic rings. The van der Waals surface area contributed by atoms with Crippen molar-refractivity contribution in [3.8, 4) is 22.6 Å². The van der Waals surface area contributed by atoms with Gasteiger partial charge in [-0.05, 0) is 55.0 Å². The van der Waals surface area contributed by atoms with Crippen LogP contribution in [0.5, 0.6) is 11.5 Å². The highest BCUT2D eigenvalue weighted by Crippen LogP contribution is 2.44. The van der Waals surface area contributed by atoms with Gasteiger partial charge in [0.25, 0.3) is 0 Å². The molecule has 0 aliphatic carbocycles. The molecule has 2 aromatic carbocycles. The Labute approximate surface area is 179 Å². The molecule has 0 aliphatic rings. The Morgan fingerprint density at radius 1 is 1.07 bits per heavy atom. The zero-order valence-electron chi connectivity index (χ0n) is 18.1. The molecule has 0 heterocycles. The van der Waals surface area contributed by atoms with Gasteiger partial charge in [0.05, 0.1) is 6.04 Å². The molecule has 7 N–H and O–H groups in total. The largest absolute Gasteiger partial charge is 0.505 e. The number of phenols is 2. The van der Waals surface area contributed by atoms with Crippen molar-refractivity contribution < 1.29 is 15.0 Å². The van der Waals surface area contributed by atoms with Crippen molar-refractivity contribution >= 4 is 11.6 Å². The van der Waals surface area contributed by atoms with Crippen LogP contribution in [0.1, 0.15) is 57.1 Å². The summed E-state index contributed by atoms with van der Waals surface area (Å²) in [5.74, 6) is -0.689. The Bertz CT molecular complexity index is 852. The van der Waals surface area contributed by atoms with Crippen molar-refractivity contribution in [1.29, 1.82) is 0 Å². The highest BCUT2D eigenvalue weighted by molar-refractivity contribution is 5.99. The van der Waals surface area contributed by atoms with Crippen LogP contribution in [0.2, 0.25) is 0 Å². The van der Waals surface area contributed by atoms with Crippen LogP contribution in [0.3, 0.4) is 0 Å². The second-order valence-corrected chi connectivity index (χ2v) is 7.74. The van der Waals surface area contributed by atoms with Crippen LogP contribution in [-0.4, -0.2) is 28.7 Å². The van der Waals surface area contributed by atoms with E-state index in [1.165, 1.54) is 5.56 Å². The molecule has 0 aliphatic heterocycles. The number of aromatic hydroxyl groups is 2. The van der Waals surface area contributed by atoms with Crippen molar-refractivity contribution in [3.05, 3.63) is 41.5 Å². The maximum absolute atomic E-state index is 12.6. The lowest BCUT2D eigenvalue weighted by Gasteiger charge is -2.19. The zero-order chi connectivity index (χ0) is 22.1. The topological polar surface area (TPSA) is 122 Å². The number of hydrogen-bond donors (Lipinski definition) is 5. The second-order valence-electron chi connectivity index (χ2n) is 7.74. The summed E-state index contributed by atoms with van der Waals surface area (Å²) in [6, 6.07) is 9.04. The molecule has 30 heavy (non-hydrogen) atoms. The molecule has 0 spiro atoms. The van der Waals surface area contributed by atoms with Gasteiger partial charge in [-0.2, -0.15) is 0 Å². The Morgan fingerprint density at radius 2 is 1.80 bits per heavy atom. The fourth-order valence-electron chi connectivity index (χ4n) is 3.56. The summed E-state index contributed by atoms with van der Waals surface area (Å²) in [6.45, 7) is 4.68. The average molecular weight is 414 g/mol. The molecular weight excluding hydrogens is 378 g/mol. The van der Waals surface area contributed by atoms with Gasteiger partial charge in [0, 0.05) is 5.56 Å². The van der Waals surface area contributed by atoms with Crippen LogP contribution in [0.15, 0.2) is 30.3 Å². The van der Waals surface area contributed by atoms with Gasteiger partial charge in [0.15, 0.2) is 5.75 Å². The molecule has 0 bridgehead atoms. The van der Waals surface area contributed by atoms with Gasteiger partial charge in [0.2, 0.25) is 5.91 Å². The van der Waals surface area contributed by atoms with Crippen LogP contribution in [0.4, 0.5) is 5.69 Å². The van der Waals surface area contributed by atoms with Crippen LogP contribution >= 0.6 is 0 Å². The third-order valence-electron chi connectivity index (χ3n) is 5.20. The van der Waals surface area contributed by atoms with E-state index in [1.54, 1.807) is 6.07 Å². The number of aryl methyl sites for hydroxylation is 2. The van der Waals surface area contributed by atoms with Crippen molar-refractivity contribution in [2.45, 2.75) is 64.8 Å². The molecule has 0 radical (unpaired) electrons. The molecular formula is C24H35N3O3. The van der Waals surface area contributed by atoms with Crippen LogP contribution in [0, 0.1) is 0 Å². The molecule has 6 nitrogen and oxygen atoms in total. The molecule has 1 unspecified atom stereocenters. The minimum absolute atomic E-state index is 0.0242. The number of unbranched alkanes of at least 4 members (excludes halogenated alkanes) is 1. The first-order chi connectivity index (χ1) is 14.4. The number of nitrogens with two attached hydrogens (primary N) is 2. The van der Waals surface area contributed by atoms with Gasteiger partial charge >= 0.3 is 0 Å². The first-order valence-electron chi connectivity index (χ1n) is 10.9. The van der Waals surface area contributed by atoms with Gasteiger partial charge in [-0.3, -0.25) is 4.79 Å². The van der Waals surface area contributed by atoms with E-state index in [4.69, 9.17) is 11.5 Å². The highest BCUT2D eigenvalue weighted by Gasteiger charge is 2.22. The fourth-order valence-corrected chi connectivity index (χ4v) is 3.56. The highest BCUT2D eigenvalue weighted by atomic mass is 16.3. The minimum atomic E-state index is -0.735. The normalized spacial score (nSPS) is 12.0. The molecule has 164 valence electrons. The van der Waals surface area contributed by atoms with Gasteiger partial charge < -0.3 is 27.0 Å². The summed E-state index contributed by atoms with van der Waals surface area (Å²) in [6.07, 6.45) is 5.44. The van der Waals surface area contributed by atoms with Crippen molar-refractivity contribution in [1.82, 2.24) is 0 Å². The SMILES string of the molecule is CCCc1cccc(-c2cc(CCC)c(O)c(NC(=O)C(N)CCCCN)c2O)c1. The smallest absolute Gasteiger partial charge is 0.241 e. The number of benzene rings is 2. The lowest BCUT2D eigenvalue weighted by Crippen LogP contribution is -2.35. The molecule has 1 amide bonds. The minimum Gasteiger partial charge on any atom is -0.505 e. The van der Waals surface area contributed by atoms with E-state index in [-0.39, 0.29) is 17.2 Å². The summed E-state index contributed by atoms with van der Waals surface area (Å²) in [7, 11) is 0. The summed E-state index contributed by atoms with van der Waals surface area (Å²) in [4.78, 5) is 12.6. The van der Waals surface area contributed by atoms with E-state index in [1.807, 2.05) is 25.1 Å². The number of hydrogen-bond acceptors (Lipinski definition) is 5. The van der Waals surface area contributed by atoms with Gasteiger partial charge in [0.1, 0.15) is 11.4 Å². The number of nitrogens with one attached hydrogen (secondary N) is 1. The van der Waals surface area contributed by atoms with Crippen molar-refractivity contribution in [2.75, 3.05) is 11.9 Å². The zero-order valence-corrected chi connectivity index (χ0v) is 18.1. The predicted octanol–water partition coefficient (Wildman–Crippen LogP) is 4.06. The van der Waals surface area contributed by atoms with Crippen molar-refractivity contribution in [3.63, 3.8) is 0 Å². The van der Waals surface area contributed by atoms with Gasteiger partial charge in [-0.15, -0.1) is 0 Å². The van der Waals surface area contributed by atoms with Gasteiger partial charge in [-0.25, -0.2) is 0 Å². The van der Waals surface area contributed by atoms with Crippen LogP contribution in [0.25, 0.3) is 11.1 Å². The molecule has 0 aromatic heterocycles. The van der Waals surface area contributed by atoms with E-state index < -0.39 is 11.9 Å². The molecule has 0 fully saturated rings. The molecule has 0 saturated heterocycles. The Kier molecular flexibility index (Phi) is 9.15. The molecule has 1 atom stereocenters. The first kappa shape index (κ1) is 23.7. The van der Waals surface area contributed by atoms with E-state index in [9.17, 15) is 15.0 Å². The molecule has 2 rings (SSSR count). The number of carbonyl (C=O) groups excluding carboxylic acids is 1. The molecule has 6 heteroatoms. The quantitative estimate of drug-likeness (QED) is 0.281. The number of carbonyl (C=O) groups is 1. The predicted molar refractivity (Wildman–Crippen MR) is 123 cm³/mol. The van der Waals surface area contributed by atoms with Crippen LogP contribution < -0.4 is 16.8 Å². The number of amides is 1. The Hall–Kier alpha value is -2.57. The second kappa shape index (κ2) is 11.6. The number of rotatable bonds is 11. The lowest BCUT2D eigenvalue weighted by atomic mass is 9.95. The van der Waals surface area contributed by atoms with Crippen LogP contribution in [-0.2, 0) is 17.6 Å². The summed E-state index contributed by atoms with van der Waals surface area (Å²) >= 11 is 0. The van der Waals surface area contributed by atoms with Crippen molar-refractivity contribution in [2.24, 2.45) is 11.5 Å². The van der Waals surface area contributed by atoms with E-state index in [2.05, 4.69) is 18.3 Å². The number of phenolic OH excluding ortho intramolecular Hbond substituents is 2. The maximum Gasteiger partial charge on any atom is 0.241 e. The first-order valence-corrected chi connectivity index (χ1v) is 10.9. The average Bonchev–Trinajstić information content (AvgIpc) is 2.73. The Balaban J connectivity index is 2.42. The molecule has 0 saturated carbocycles. The third-order valence-corrected chi connectivity index (χ3v) is 5.20. The standard InChI is InChI=1S/C24H35N3O3/c1-3-8-16-10-7-11-17(14-16)19-15-18(9-4-2)22(28)21(23(19)29)27-24(30)20(26)12-5-6-13-25/h7,10-11,14-15,20,28-29H,3-6,8-9,12-13,25-26H2,1-2H3,(H,27,30). The summed E-state index contributed by atoms with van der Waals surface area (Å²) < 4.78 is 0. The third kappa shape index (κ3) is 5.97.